The number of hydrogen-bond donors (Lipinski definition) is 3. The molecular weight excluding hydrogens is 455 g/mol. The van der Waals surface area contributed by atoms with E-state index in [0.717, 1.165) is 5.56 Å². The summed E-state index contributed by atoms with van der Waals surface area (Å²) < 4.78 is 22.5. The van der Waals surface area contributed by atoms with E-state index in [0.29, 0.717) is 31.0 Å². The van der Waals surface area contributed by atoms with Crippen LogP contribution in [0.25, 0.3) is 0 Å². The van der Waals surface area contributed by atoms with Crippen molar-refractivity contribution in [2.75, 3.05) is 18.6 Å². The topological polar surface area (TPSA) is 114 Å². The maximum atomic E-state index is 11.2. The third-order valence-electron chi connectivity index (χ3n) is 3.28. The lowest BCUT2D eigenvalue weighted by Gasteiger charge is -2.17. The van der Waals surface area contributed by atoms with Gasteiger partial charge < -0.3 is 16.4 Å². The molecule has 4 N–H and O–H groups in total. The summed E-state index contributed by atoms with van der Waals surface area (Å²) in [5.74, 6) is 0.254. The minimum absolute atomic E-state index is 0. The van der Waals surface area contributed by atoms with Gasteiger partial charge in [0.1, 0.15) is 9.84 Å². The molecule has 0 saturated carbocycles. The molecule has 0 aliphatic carbocycles. The van der Waals surface area contributed by atoms with Crippen LogP contribution >= 0.6 is 24.0 Å². The molecule has 0 aromatic heterocycles. The third-order valence-corrected chi connectivity index (χ3v) is 4.26. The number of primary amides is 1. The summed E-state index contributed by atoms with van der Waals surface area (Å²) in [4.78, 5) is 15.7. The van der Waals surface area contributed by atoms with Crippen molar-refractivity contribution in [1.29, 1.82) is 0 Å². The number of guanidine groups is 1. The number of nitrogens with zero attached hydrogens (tertiary/aromatic N) is 1. The largest absolute Gasteiger partial charge is 0.366 e. The van der Waals surface area contributed by atoms with Gasteiger partial charge in [-0.2, -0.15) is 0 Å². The number of hydrogen-bond acceptors (Lipinski definition) is 4. The van der Waals surface area contributed by atoms with Gasteiger partial charge in [0.25, 0.3) is 0 Å². The second-order valence-corrected chi connectivity index (χ2v) is 7.98. The highest BCUT2D eigenvalue weighted by atomic mass is 127. The molecule has 0 fully saturated rings. The van der Waals surface area contributed by atoms with Gasteiger partial charge in [-0.3, -0.25) is 4.79 Å². The van der Waals surface area contributed by atoms with E-state index in [1.807, 2.05) is 19.9 Å². The van der Waals surface area contributed by atoms with Crippen LogP contribution in [0.15, 0.2) is 29.3 Å². The summed E-state index contributed by atoms with van der Waals surface area (Å²) >= 11 is 0. The zero-order valence-corrected chi connectivity index (χ0v) is 17.9. The fraction of sp³-hybridized carbons (Fsp3) is 0.500. The smallest absolute Gasteiger partial charge is 0.248 e. The molecule has 0 heterocycles. The maximum Gasteiger partial charge on any atom is 0.248 e. The Morgan fingerprint density at radius 1 is 1.36 bits per heavy atom. The summed E-state index contributed by atoms with van der Waals surface area (Å²) in [5, 5.41) is 6.30. The molecule has 0 spiro atoms. The number of halogens is 1. The Bertz CT molecular complexity index is 692. The van der Waals surface area contributed by atoms with Crippen LogP contribution in [0, 0.1) is 0 Å². The Balaban J connectivity index is 0.00000576. The van der Waals surface area contributed by atoms with Crippen molar-refractivity contribution < 1.29 is 13.2 Å². The van der Waals surface area contributed by atoms with Crippen LogP contribution in [-0.2, 0) is 16.4 Å². The molecule has 0 radical (unpaired) electrons. The lowest BCUT2D eigenvalue weighted by Crippen LogP contribution is -2.42. The van der Waals surface area contributed by atoms with Crippen LogP contribution in [0.1, 0.15) is 36.2 Å². The summed E-state index contributed by atoms with van der Waals surface area (Å²) in [7, 11) is -2.98. The van der Waals surface area contributed by atoms with Gasteiger partial charge in [0.05, 0.1) is 12.3 Å². The van der Waals surface area contributed by atoms with Crippen LogP contribution in [-0.4, -0.2) is 44.9 Å². The van der Waals surface area contributed by atoms with Gasteiger partial charge in [-0.15, -0.1) is 24.0 Å². The Morgan fingerprint density at radius 3 is 2.60 bits per heavy atom. The Labute approximate surface area is 166 Å². The van der Waals surface area contributed by atoms with Gasteiger partial charge in [-0.05, 0) is 38.0 Å². The summed E-state index contributed by atoms with van der Waals surface area (Å²) in [5.41, 5.74) is 6.59. The molecular formula is C16H27IN4O3S. The number of aliphatic imine (C=N–C) groups is 1. The molecule has 1 rings (SSSR count). The summed E-state index contributed by atoms with van der Waals surface area (Å²) in [6.45, 7) is 4.93. The van der Waals surface area contributed by atoms with Crippen molar-refractivity contribution in [1.82, 2.24) is 10.6 Å². The second-order valence-electron chi connectivity index (χ2n) is 5.72. The van der Waals surface area contributed by atoms with Crippen molar-refractivity contribution in [3.63, 3.8) is 0 Å². The first-order valence-corrected chi connectivity index (χ1v) is 9.88. The van der Waals surface area contributed by atoms with Gasteiger partial charge in [0.15, 0.2) is 5.96 Å². The lowest BCUT2D eigenvalue weighted by molar-refractivity contribution is 0.1000. The Kier molecular flexibility index (Phi) is 10.7. The number of nitrogens with two attached hydrogens (primary N) is 1. The summed E-state index contributed by atoms with van der Waals surface area (Å²) in [6, 6.07) is 6.97. The predicted octanol–water partition coefficient (Wildman–Crippen LogP) is 1.28. The van der Waals surface area contributed by atoms with E-state index >= 15 is 0 Å². The van der Waals surface area contributed by atoms with Crippen LogP contribution in [0.4, 0.5) is 0 Å². The van der Waals surface area contributed by atoms with Crippen molar-refractivity contribution >= 4 is 45.7 Å². The first-order chi connectivity index (χ1) is 11.2. The number of nitrogens with one attached hydrogen (secondary N) is 2. The number of benzene rings is 1. The van der Waals surface area contributed by atoms with Gasteiger partial charge in [-0.25, -0.2) is 13.4 Å². The van der Waals surface area contributed by atoms with E-state index in [9.17, 15) is 13.2 Å². The van der Waals surface area contributed by atoms with Crippen molar-refractivity contribution in [3.8, 4) is 0 Å². The van der Waals surface area contributed by atoms with Crippen molar-refractivity contribution in [3.05, 3.63) is 35.4 Å². The van der Waals surface area contributed by atoms with Gasteiger partial charge in [0, 0.05) is 24.4 Å². The fourth-order valence-corrected chi connectivity index (χ4v) is 2.79. The quantitative estimate of drug-likeness (QED) is 0.294. The number of carbonyl (C=O) groups is 1. The standard InChI is InChI=1S/C16H26N4O3S.HI/c1-4-18-16(20-12(2)8-9-24(3,22)23)19-11-13-6-5-7-14(10-13)15(17)21;/h5-7,10,12H,4,8-9,11H2,1-3H3,(H2,17,21)(H2,18,19,20);1H. The molecule has 0 aliphatic heterocycles. The predicted molar refractivity (Wildman–Crippen MR) is 112 cm³/mol. The first-order valence-electron chi connectivity index (χ1n) is 7.82. The van der Waals surface area contributed by atoms with Crippen molar-refractivity contribution in [2.24, 2.45) is 10.7 Å². The highest BCUT2D eigenvalue weighted by Crippen LogP contribution is 2.06. The highest BCUT2D eigenvalue weighted by Gasteiger charge is 2.09. The fourth-order valence-electron chi connectivity index (χ4n) is 2.01. The molecule has 7 nitrogen and oxygen atoms in total. The average Bonchev–Trinajstić information content (AvgIpc) is 2.50. The second kappa shape index (κ2) is 11.3. The summed E-state index contributed by atoms with van der Waals surface area (Å²) in [6.07, 6.45) is 1.73. The van der Waals surface area contributed by atoms with E-state index in [2.05, 4.69) is 15.6 Å². The number of rotatable bonds is 8. The SMILES string of the molecule is CCNC(=NCc1cccc(C(N)=O)c1)NC(C)CCS(C)(=O)=O.I. The van der Waals surface area contributed by atoms with Gasteiger partial charge >= 0.3 is 0 Å². The van der Waals surface area contributed by atoms with Crippen LogP contribution < -0.4 is 16.4 Å². The van der Waals surface area contributed by atoms with Crippen LogP contribution in [0.3, 0.4) is 0 Å². The van der Waals surface area contributed by atoms with E-state index in [1.165, 1.54) is 6.26 Å². The molecule has 0 bridgehead atoms. The number of carbonyl (C=O) groups excluding carboxylic acids is 1. The van der Waals surface area contributed by atoms with Gasteiger partial charge in [-0.1, -0.05) is 12.1 Å². The van der Waals surface area contributed by atoms with E-state index in [1.54, 1.807) is 18.2 Å². The highest BCUT2D eigenvalue weighted by molar-refractivity contribution is 14.0. The molecule has 0 saturated heterocycles. The molecule has 142 valence electrons. The molecule has 0 aliphatic rings. The van der Waals surface area contributed by atoms with E-state index in [4.69, 9.17) is 5.73 Å². The number of sulfone groups is 1. The molecule has 9 heteroatoms. The maximum absolute atomic E-state index is 11.2. The molecule has 1 aromatic carbocycles. The minimum atomic E-state index is -2.98. The van der Waals surface area contributed by atoms with E-state index in [-0.39, 0.29) is 35.8 Å². The average molecular weight is 482 g/mol. The monoisotopic (exact) mass is 482 g/mol. The molecule has 1 atom stereocenters. The number of amides is 1. The first kappa shape index (κ1) is 23.6. The van der Waals surface area contributed by atoms with Crippen LogP contribution in [0.2, 0.25) is 0 Å². The molecule has 1 unspecified atom stereocenters. The zero-order valence-electron chi connectivity index (χ0n) is 14.8. The molecule has 1 aromatic rings. The van der Waals surface area contributed by atoms with Crippen LogP contribution in [0.5, 0.6) is 0 Å². The lowest BCUT2D eigenvalue weighted by atomic mass is 10.1. The Morgan fingerprint density at radius 2 is 2.04 bits per heavy atom. The van der Waals surface area contributed by atoms with E-state index < -0.39 is 15.7 Å². The Hall–Kier alpha value is -1.36. The molecule has 25 heavy (non-hydrogen) atoms. The minimum Gasteiger partial charge on any atom is -0.366 e. The third kappa shape index (κ3) is 10.3. The zero-order chi connectivity index (χ0) is 18.2. The molecule has 1 amide bonds. The van der Waals surface area contributed by atoms with Crippen molar-refractivity contribution in [2.45, 2.75) is 32.9 Å². The normalized spacial score (nSPS) is 12.8. The van der Waals surface area contributed by atoms with Gasteiger partial charge in [0.2, 0.25) is 5.91 Å².